The summed E-state index contributed by atoms with van der Waals surface area (Å²) in [5.74, 6) is 0. The van der Waals surface area contributed by atoms with E-state index in [-0.39, 0.29) is 28.4 Å². The molecule has 0 saturated carbocycles. The number of nitrogens with zero attached hydrogens (tertiary/aromatic N) is 5. The van der Waals surface area contributed by atoms with E-state index in [1.807, 2.05) is 0 Å². The second-order valence-electron chi connectivity index (χ2n) is 27.1. The summed E-state index contributed by atoms with van der Waals surface area (Å²) >= 11 is -0.170. The van der Waals surface area contributed by atoms with E-state index in [0.29, 0.717) is 0 Å². The van der Waals surface area contributed by atoms with Gasteiger partial charge in [-0.15, -0.1) is 0 Å². The Morgan fingerprint density at radius 2 is 0.657 bits per heavy atom. The van der Waals surface area contributed by atoms with E-state index < -0.39 is 0 Å². The van der Waals surface area contributed by atoms with Crippen molar-refractivity contribution < 1.29 is 8.83 Å². The zero-order chi connectivity index (χ0) is 66.7. The van der Waals surface area contributed by atoms with Crippen LogP contribution >= 0.6 is 0 Å². The summed E-state index contributed by atoms with van der Waals surface area (Å²) in [6.07, 6.45) is 0. The maximum atomic E-state index is 7.56. The number of hydrogen-bond acceptors (Lipinski definition) is 7. The van der Waals surface area contributed by atoms with Crippen LogP contribution in [0.4, 0.5) is 85.3 Å². The molecular weight excluding hydrogens is 1310 g/mol. The van der Waals surface area contributed by atoms with Crippen molar-refractivity contribution in [3.63, 3.8) is 0 Å². The Morgan fingerprint density at radius 3 is 1.13 bits per heavy atom. The van der Waals surface area contributed by atoms with E-state index in [2.05, 4.69) is 370 Å². The van der Waals surface area contributed by atoms with Gasteiger partial charge in [0.25, 0.3) is 0 Å². The molecule has 0 amide bonds. The predicted molar refractivity (Wildman–Crippen MR) is 430 cm³/mol. The van der Waals surface area contributed by atoms with E-state index >= 15 is 0 Å². The van der Waals surface area contributed by atoms with E-state index in [9.17, 15) is 0 Å². The summed E-state index contributed by atoms with van der Waals surface area (Å²) in [7, 11) is 0. The Bertz CT molecular complexity index is 6380. The molecule has 0 bridgehead atoms. The topological polar surface area (TPSA) is 42.5 Å². The van der Waals surface area contributed by atoms with Crippen LogP contribution in [0.25, 0.3) is 65.4 Å². The van der Waals surface area contributed by atoms with Crippen LogP contribution in [0.5, 0.6) is 0 Å². The van der Waals surface area contributed by atoms with Gasteiger partial charge in [-0.2, -0.15) is 0 Å². The predicted octanol–water partition coefficient (Wildman–Crippen LogP) is 19.1. The SMILES string of the molecule is c1ccc(N(c2ccccc2)c2ccc3cc4oc5c6c7c(cc5c4cc3c2)[Se]c2cc3c(cc2B7c2ccccc2N6c2ccccc2)B2c4ccccc4N(c4ccccc4)c4c2c(cc2c4oc4cc5ccc(N(c6ccccc6)c6ccccc6)cc5cc42)N3c2ccccc2)cc1. The van der Waals surface area contributed by atoms with Crippen molar-refractivity contribution in [3.05, 3.63) is 346 Å². The molecule has 18 aromatic rings. The van der Waals surface area contributed by atoms with Crippen LogP contribution in [0.2, 0.25) is 0 Å². The molecular formula is C92H57B2N5O2Se. The molecule has 0 radical (unpaired) electrons. The first-order valence-corrected chi connectivity index (χ1v) is 36.6. The number of anilines is 15. The van der Waals surface area contributed by atoms with Gasteiger partial charge in [0.15, 0.2) is 0 Å². The number of hydrogen-bond donors (Lipinski definition) is 0. The van der Waals surface area contributed by atoms with Crippen molar-refractivity contribution in [3.8, 4) is 0 Å². The van der Waals surface area contributed by atoms with Crippen LogP contribution < -0.4 is 66.2 Å². The standard InChI is InChI=1S/C92H57B2N5O2Se/c1-8-26-62(27-9-1)95(63-28-10-2-11-29-63)69-46-44-58-52-83-71(50-60(58)48-69)73-54-82-87-89(91(73)100-83)98(67-36-18-6-19-37-67)79-42-24-22-40-75(79)93(87)77-56-78-85(57-81(77)97(82)66-34-16-5-17-35-66)102-86-55-74-72-51-61-49-70(96(64-30-12-3-13-31-64)65-32-14-4-15-33-65)47-45-59(61)53-84(72)101-92(74)90-88(86)94(78)76-41-23-25-43-80(76)99(90)68-38-20-7-21-39-68/h1-57H. The molecule has 102 heavy (non-hydrogen) atoms. The molecule has 0 fully saturated rings. The van der Waals surface area contributed by atoms with E-state index in [0.717, 1.165) is 145 Å². The molecule has 4 aliphatic heterocycles. The number of para-hydroxylation sites is 9. The van der Waals surface area contributed by atoms with Crippen LogP contribution in [-0.4, -0.2) is 28.4 Å². The average Bonchev–Trinajstić information content (AvgIpc) is 0.967. The van der Waals surface area contributed by atoms with Crippen molar-refractivity contribution in [2.24, 2.45) is 0 Å². The Hall–Kier alpha value is -12.7. The molecule has 16 aromatic carbocycles. The Balaban J connectivity index is 0.784. The first-order chi connectivity index (χ1) is 50.6. The van der Waals surface area contributed by atoms with Gasteiger partial charge in [-0.25, -0.2) is 0 Å². The first kappa shape index (κ1) is 57.2. The van der Waals surface area contributed by atoms with Crippen molar-refractivity contribution in [1.82, 2.24) is 0 Å². The van der Waals surface area contributed by atoms with Gasteiger partial charge in [-0.05, 0) is 30.3 Å². The summed E-state index contributed by atoms with van der Waals surface area (Å²) in [6.45, 7) is -0.297. The third-order valence-corrected chi connectivity index (χ3v) is 23.9. The normalized spacial score (nSPS) is 13.2. The third kappa shape index (κ3) is 8.58. The molecule has 0 saturated heterocycles. The van der Waals surface area contributed by atoms with Crippen molar-refractivity contribution >= 4 is 221 Å². The first-order valence-electron chi connectivity index (χ1n) is 34.9. The molecule has 0 atom stereocenters. The minimum atomic E-state index is -0.180. The Labute approximate surface area is 595 Å². The van der Waals surface area contributed by atoms with Crippen molar-refractivity contribution in [1.29, 1.82) is 0 Å². The Morgan fingerprint density at radius 1 is 0.255 bits per heavy atom. The van der Waals surface area contributed by atoms with Gasteiger partial charge in [0, 0.05) is 11.4 Å². The molecule has 6 heterocycles. The zero-order valence-electron chi connectivity index (χ0n) is 55.0. The number of fused-ring (bicyclic) bond motifs is 18. The quantitative estimate of drug-likeness (QED) is 0.133. The number of benzene rings is 16. The van der Waals surface area contributed by atoms with Gasteiger partial charge in [0.2, 0.25) is 0 Å². The summed E-state index contributed by atoms with van der Waals surface area (Å²) in [4.78, 5) is 12.3. The molecule has 474 valence electrons. The zero-order valence-corrected chi connectivity index (χ0v) is 56.7. The second kappa shape index (κ2) is 22.4. The summed E-state index contributed by atoms with van der Waals surface area (Å²) in [5.41, 5.74) is 27.7. The molecule has 0 aliphatic carbocycles. The van der Waals surface area contributed by atoms with E-state index in [1.54, 1.807) is 0 Å². The number of furan rings is 2. The molecule has 22 rings (SSSR count). The molecule has 2 aromatic heterocycles. The Kier molecular flexibility index (Phi) is 12.6. The fraction of sp³-hybridized carbons (Fsp3) is 0. The van der Waals surface area contributed by atoms with E-state index in [1.165, 1.54) is 47.4 Å². The van der Waals surface area contributed by atoms with E-state index in [4.69, 9.17) is 8.83 Å². The molecule has 4 aliphatic rings. The van der Waals surface area contributed by atoms with Gasteiger partial charge in [0.05, 0.1) is 0 Å². The van der Waals surface area contributed by atoms with Crippen LogP contribution in [0.1, 0.15) is 0 Å². The third-order valence-electron chi connectivity index (χ3n) is 21.5. The van der Waals surface area contributed by atoms with Gasteiger partial charge in [-0.3, -0.25) is 0 Å². The summed E-state index contributed by atoms with van der Waals surface area (Å²) in [6, 6.07) is 127. The summed E-state index contributed by atoms with van der Waals surface area (Å²) in [5, 5.41) is 8.86. The average molecular weight is 1370 g/mol. The van der Waals surface area contributed by atoms with Crippen molar-refractivity contribution in [2.45, 2.75) is 0 Å². The molecule has 10 heteroatoms. The summed E-state index contributed by atoms with van der Waals surface area (Å²) < 4.78 is 17.8. The maximum absolute atomic E-state index is 7.56. The van der Waals surface area contributed by atoms with Crippen LogP contribution in [0.3, 0.4) is 0 Å². The molecule has 7 nitrogen and oxygen atoms in total. The van der Waals surface area contributed by atoms with Crippen molar-refractivity contribution in [2.75, 3.05) is 24.5 Å². The van der Waals surface area contributed by atoms with Crippen LogP contribution in [0.15, 0.2) is 355 Å². The van der Waals surface area contributed by atoms with Crippen LogP contribution in [0, 0.1) is 0 Å². The van der Waals surface area contributed by atoms with Gasteiger partial charge >= 0.3 is 505 Å². The van der Waals surface area contributed by atoms with Crippen LogP contribution in [-0.2, 0) is 0 Å². The molecule has 0 unspecified atom stereocenters. The van der Waals surface area contributed by atoms with Gasteiger partial charge < -0.3 is 4.90 Å². The minimum absolute atomic E-state index is 0.117. The molecule has 0 spiro atoms. The second-order valence-corrected chi connectivity index (χ2v) is 29.3. The fourth-order valence-corrected chi connectivity index (χ4v) is 19.7. The van der Waals surface area contributed by atoms with Gasteiger partial charge in [0.1, 0.15) is 0 Å². The fourth-order valence-electron chi connectivity index (χ4n) is 17.2. The molecule has 0 N–H and O–H groups in total. The van der Waals surface area contributed by atoms with Gasteiger partial charge in [-0.1, -0.05) is 48.5 Å². The number of rotatable bonds is 9. The monoisotopic (exact) mass is 1370 g/mol.